The van der Waals surface area contributed by atoms with Crippen LogP contribution < -0.4 is 15.3 Å². The molecule has 0 radical (unpaired) electrons. The number of ether oxygens (including phenoxy) is 2. The van der Waals surface area contributed by atoms with Crippen molar-refractivity contribution in [1.82, 2.24) is 19.6 Å². The van der Waals surface area contributed by atoms with Crippen LogP contribution in [0.15, 0.2) is 54.6 Å². The lowest BCUT2D eigenvalue weighted by molar-refractivity contribution is -0.158. The van der Waals surface area contributed by atoms with E-state index in [1.807, 2.05) is 65.0 Å². The smallest absolute Gasteiger partial charge is 0.459 e. The first-order chi connectivity index (χ1) is 21.2. The van der Waals surface area contributed by atoms with Crippen LogP contribution in [0.25, 0.3) is 21.9 Å². The summed E-state index contributed by atoms with van der Waals surface area (Å²) in [5.41, 5.74) is 7.75. The Balaban J connectivity index is 1.78. The Hall–Kier alpha value is -3.50. The molecule has 0 bridgehead atoms. The monoisotopic (exact) mass is 639 g/mol. The number of esters is 1. The molecule has 2 heterocycles. The molecule has 244 valence electrons. The molecule has 0 fully saturated rings. The number of fused-ring (bicyclic) bond motifs is 3. The highest BCUT2D eigenvalue weighted by atomic mass is 31.2. The molecule has 3 N–H and O–H groups in total. The number of pyridine rings is 1. The van der Waals surface area contributed by atoms with Gasteiger partial charge in [0.2, 0.25) is 0 Å². The molecule has 0 aliphatic carbocycles. The predicted octanol–water partition coefficient (Wildman–Crippen LogP) is 7.06. The quantitative estimate of drug-likeness (QED) is 0.109. The molecule has 0 saturated carbocycles. The van der Waals surface area contributed by atoms with Gasteiger partial charge in [-0.15, -0.1) is 0 Å². The minimum atomic E-state index is -4.17. The second kappa shape index (κ2) is 14.3. The first-order valence-corrected chi connectivity index (χ1v) is 16.9. The van der Waals surface area contributed by atoms with Crippen molar-refractivity contribution in [2.75, 3.05) is 18.9 Å². The fourth-order valence-electron chi connectivity index (χ4n) is 4.98. The summed E-state index contributed by atoms with van der Waals surface area (Å²) < 4.78 is 40.4. The van der Waals surface area contributed by atoms with E-state index in [1.165, 1.54) is 0 Å². The van der Waals surface area contributed by atoms with Gasteiger partial charge in [-0.25, -0.2) is 14.5 Å². The number of nitrogens with one attached hydrogen (secondary N) is 1. The fraction of sp³-hybridized carbons (Fsp3) is 0.485. The van der Waals surface area contributed by atoms with E-state index in [9.17, 15) is 9.36 Å². The number of carbonyl (C=O) groups is 1. The van der Waals surface area contributed by atoms with Crippen LogP contribution in [-0.2, 0) is 30.0 Å². The largest absolute Gasteiger partial charge is 0.459 e. The number of anilines is 1. The van der Waals surface area contributed by atoms with E-state index < -0.39 is 25.4 Å². The molecular weight excluding hydrogens is 593 g/mol. The Morgan fingerprint density at radius 2 is 1.67 bits per heavy atom. The molecule has 4 rings (SSSR count). The van der Waals surface area contributed by atoms with Gasteiger partial charge in [-0.1, -0.05) is 64.1 Å². The Morgan fingerprint density at radius 3 is 2.29 bits per heavy atom. The van der Waals surface area contributed by atoms with Crippen molar-refractivity contribution in [3.63, 3.8) is 0 Å². The van der Waals surface area contributed by atoms with Gasteiger partial charge >= 0.3 is 13.7 Å². The Morgan fingerprint density at radius 1 is 1.00 bits per heavy atom. The number of rotatable bonds is 14. The van der Waals surface area contributed by atoms with Gasteiger partial charge in [0.1, 0.15) is 35.3 Å². The minimum Gasteiger partial charge on any atom is -0.459 e. The highest BCUT2D eigenvalue weighted by Crippen LogP contribution is 2.47. The number of hydrogen-bond acceptors (Lipinski definition) is 9. The third kappa shape index (κ3) is 8.41. The summed E-state index contributed by atoms with van der Waals surface area (Å²) in [6, 6.07) is 15.1. The van der Waals surface area contributed by atoms with Gasteiger partial charge in [-0.2, -0.15) is 5.09 Å². The predicted molar refractivity (Wildman–Crippen MR) is 177 cm³/mol. The summed E-state index contributed by atoms with van der Waals surface area (Å²) in [6.45, 7) is 15.7. The molecule has 0 aliphatic heterocycles. The number of para-hydroxylation sites is 2. The summed E-state index contributed by atoms with van der Waals surface area (Å²) >= 11 is 0. The molecule has 0 aliphatic rings. The molecule has 1 unspecified atom stereocenters. The van der Waals surface area contributed by atoms with Crippen molar-refractivity contribution in [2.24, 2.45) is 11.8 Å². The van der Waals surface area contributed by atoms with Gasteiger partial charge in [0.15, 0.2) is 5.82 Å². The van der Waals surface area contributed by atoms with Crippen molar-refractivity contribution in [3.8, 4) is 5.75 Å². The third-order valence-electron chi connectivity index (χ3n) is 7.17. The first kappa shape index (κ1) is 34.4. The van der Waals surface area contributed by atoms with Gasteiger partial charge in [0.05, 0.1) is 23.7 Å². The number of benzene rings is 2. The maximum absolute atomic E-state index is 14.6. The Labute approximate surface area is 265 Å². The summed E-state index contributed by atoms with van der Waals surface area (Å²) in [4.78, 5) is 22.7. The normalized spacial score (nSPS) is 15.0. The maximum atomic E-state index is 14.6. The summed E-state index contributed by atoms with van der Waals surface area (Å²) in [7, 11) is -4.17. The SMILES string of the molecule is CCOCc1nc2c(N)nc3ccccc3c2n1[C@@H](COP(=O)(N[C@H](C(=O)OC(C)(C)C)C(C)C)Oc1ccccc1)C(C)C. The zero-order valence-corrected chi connectivity index (χ0v) is 28.3. The van der Waals surface area contributed by atoms with Crippen LogP contribution in [0.1, 0.15) is 67.3 Å². The molecule has 0 saturated heterocycles. The molecule has 0 amide bonds. The van der Waals surface area contributed by atoms with E-state index in [0.29, 0.717) is 29.5 Å². The van der Waals surface area contributed by atoms with E-state index >= 15 is 0 Å². The lowest BCUT2D eigenvalue weighted by Crippen LogP contribution is -2.44. The molecule has 4 aromatic rings. The van der Waals surface area contributed by atoms with Crippen molar-refractivity contribution >= 4 is 41.5 Å². The van der Waals surface area contributed by atoms with Gasteiger partial charge < -0.3 is 24.3 Å². The van der Waals surface area contributed by atoms with Crippen LogP contribution in [0, 0.1) is 11.8 Å². The Bertz CT molecular complexity index is 1650. The van der Waals surface area contributed by atoms with Gasteiger partial charge in [0, 0.05) is 12.0 Å². The van der Waals surface area contributed by atoms with E-state index in [2.05, 4.69) is 14.6 Å². The Kier molecular flexibility index (Phi) is 10.9. The average molecular weight is 640 g/mol. The van der Waals surface area contributed by atoms with Gasteiger partial charge in [-0.3, -0.25) is 9.32 Å². The van der Waals surface area contributed by atoms with E-state index in [4.69, 9.17) is 29.2 Å². The van der Waals surface area contributed by atoms with Crippen molar-refractivity contribution in [1.29, 1.82) is 0 Å². The van der Waals surface area contributed by atoms with E-state index in [0.717, 1.165) is 16.4 Å². The molecule has 11 nitrogen and oxygen atoms in total. The lowest BCUT2D eigenvalue weighted by atomic mass is 10.0. The molecule has 0 spiro atoms. The second-order valence-corrected chi connectivity index (χ2v) is 14.3. The number of nitrogens with zero attached hydrogens (tertiary/aromatic N) is 3. The zero-order valence-electron chi connectivity index (χ0n) is 27.4. The average Bonchev–Trinajstić information content (AvgIpc) is 3.34. The van der Waals surface area contributed by atoms with E-state index in [1.54, 1.807) is 45.0 Å². The molecule has 45 heavy (non-hydrogen) atoms. The van der Waals surface area contributed by atoms with Crippen LogP contribution in [-0.4, -0.2) is 45.4 Å². The van der Waals surface area contributed by atoms with Gasteiger partial charge in [-0.05, 0) is 57.7 Å². The molecular formula is C33H46N5O6P. The van der Waals surface area contributed by atoms with Crippen LogP contribution in [0.3, 0.4) is 0 Å². The summed E-state index contributed by atoms with van der Waals surface area (Å²) in [5, 5.41) is 3.79. The van der Waals surface area contributed by atoms with Crippen molar-refractivity contribution < 1.29 is 27.9 Å². The van der Waals surface area contributed by atoms with Crippen LogP contribution >= 0.6 is 7.75 Å². The molecule has 2 aromatic heterocycles. The maximum Gasteiger partial charge on any atom is 0.459 e. The summed E-state index contributed by atoms with van der Waals surface area (Å²) in [6.07, 6.45) is 0. The number of hydrogen-bond donors (Lipinski definition) is 2. The standard InChI is InChI=1S/C33H46N5O6P/c1-9-41-20-27-36-29-30(24-17-13-14-18-25(24)35-31(29)34)38(27)26(21(2)3)19-42-45(40,44-23-15-11-10-12-16-23)37-28(22(4)5)32(39)43-33(6,7)8/h10-18,21-22,26,28H,9,19-20H2,1-8H3,(H2,34,35)(H,37,40)/t26-,28-,45?/m0/s1. The second-order valence-electron chi connectivity index (χ2n) is 12.6. The number of imidazole rings is 1. The number of nitrogens with two attached hydrogens (primary N) is 1. The summed E-state index contributed by atoms with van der Waals surface area (Å²) in [5.74, 6) is 0.422. The molecule has 2 aromatic carbocycles. The minimum absolute atomic E-state index is 0.0205. The van der Waals surface area contributed by atoms with Crippen LogP contribution in [0.4, 0.5) is 5.82 Å². The number of carbonyl (C=O) groups excluding carboxylic acids is 1. The van der Waals surface area contributed by atoms with Gasteiger partial charge in [0.25, 0.3) is 0 Å². The topological polar surface area (TPSA) is 140 Å². The number of aromatic nitrogens is 3. The number of nitrogen functional groups attached to an aromatic ring is 1. The zero-order chi connectivity index (χ0) is 32.9. The molecule has 3 atom stereocenters. The highest BCUT2D eigenvalue weighted by molar-refractivity contribution is 7.52. The van der Waals surface area contributed by atoms with Crippen molar-refractivity contribution in [2.45, 2.75) is 79.7 Å². The van der Waals surface area contributed by atoms with E-state index in [-0.39, 0.29) is 31.1 Å². The third-order valence-corrected chi connectivity index (χ3v) is 8.71. The fourth-order valence-corrected chi connectivity index (χ4v) is 6.65. The lowest BCUT2D eigenvalue weighted by Gasteiger charge is -2.31. The first-order valence-electron chi connectivity index (χ1n) is 15.4. The van der Waals surface area contributed by atoms with Crippen LogP contribution in [0.2, 0.25) is 0 Å². The van der Waals surface area contributed by atoms with Crippen molar-refractivity contribution in [3.05, 3.63) is 60.4 Å². The molecule has 12 heteroatoms. The van der Waals surface area contributed by atoms with Crippen LogP contribution in [0.5, 0.6) is 5.75 Å². The highest BCUT2D eigenvalue weighted by Gasteiger charge is 2.39.